The molecule has 3 nitrogen and oxygen atoms in total. The van der Waals surface area contributed by atoms with Crippen LogP contribution in [-0.4, -0.2) is 16.5 Å². The second-order valence-corrected chi connectivity index (χ2v) is 4.36. The summed E-state index contributed by atoms with van der Waals surface area (Å²) in [4.78, 5) is 0. The van der Waals surface area contributed by atoms with Crippen molar-refractivity contribution in [3.63, 3.8) is 0 Å². The minimum Gasteiger partial charge on any atom is -0.486 e. The third-order valence-corrected chi connectivity index (χ3v) is 3.40. The fraction of sp³-hybridized carbons (Fsp3) is 0.417. The van der Waals surface area contributed by atoms with Crippen LogP contribution in [0.2, 0.25) is 0 Å². The predicted molar refractivity (Wildman–Crippen MR) is 56.6 cm³/mol. The summed E-state index contributed by atoms with van der Waals surface area (Å²) in [5.41, 5.74) is 1.62. The van der Waals surface area contributed by atoms with Gasteiger partial charge < -0.3 is 9.94 Å². The van der Waals surface area contributed by atoms with Gasteiger partial charge in [0.1, 0.15) is 11.4 Å². The summed E-state index contributed by atoms with van der Waals surface area (Å²) < 4.78 is 6.00. The van der Waals surface area contributed by atoms with Crippen LogP contribution in [0.1, 0.15) is 31.2 Å². The molecule has 1 N–H and O–H groups in total. The molecule has 0 atom stereocenters. The smallest absolute Gasteiger partial charge is 0.129 e. The monoisotopic (exact) mass is 203 g/mol. The lowest BCUT2D eigenvalue weighted by atomic mass is 9.74. The first kappa shape index (κ1) is 8.77. The van der Waals surface area contributed by atoms with Gasteiger partial charge in [0.15, 0.2) is 0 Å². The molecule has 1 heterocycles. The van der Waals surface area contributed by atoms with E-state index in [0.29, 0.717) is 0 Å². The highest BCUT2D eigenvalue weighted by Crippen LogP contribution is 2.44. The molecule has 0 aromatic heterocycles. The van der Waals surface area contributed by atoms with E-state index in [9.17, 15) is 0 Å². The number of hydrogen-bond acceptors (Lipinski definition) is 3. The molecule has 3 rings (SSSR count). The van der Waals surface area contributed by atoms with E-state index >= 15 is 0 Å². The lowest BCUT2D eigenvalue weighted by molar-refractivity contribution is -0.00544. The lowest BCUT2D eigenvalue weighted by Gasteiger charge is -2.45. The van der Waals surface area contributed by atoms with Gasteiger partial charge in [-0.1, -0.05) is 17.3 Å². The summed E-state index contributed by atoms with van der Waals surface area (Å²) >= 11 is 0. The van der Waals surface area contributed by atoms with Crippen molar-refractivity contribution in [2.45, 2.75) is 31.3 Å². The van der Waals surface area contributed by atoms with E-state index in [2.05, 4.69) is 5.16 Å². The van der Waals surface area contributed by atoms with E-state index in [1.807, 2.05) is 24.3 Å². The first-order valence-corrected chi connectivity index (χ1v) is 5.32. The number of rotatable bonds is 0. The molecule has 2 aliphatic rings. The number of benzene rings is 1. The molecule has 3 heteroatoms. The Hall–Kier alpha value is -1.51. The Labute approximate surface area is 88.4 Å². The van der Waals surface area contributed by atoms with Gasteiger partial charge in [-0.3, -0.25) is 0 Å². The van der Waals surface area contributed by atoms with Crippen LogP contribution in [0.4, 0.5) is 0 Å². The molecule has 0 radical (unpaired) electrons. The van der Waals surface area contributed by atoms with Gasteiger partial charge >= 0.3 is 0 Å². The zero-order valence-corrected chi connectivity index (χ0v) is 8.44. The highest BCUT2D eigenvalue weighted by Gasteiger charge is 2.44. The van der Waals surface area contributed by atoms with E-state index in [1.54, 1.807) is 0 Å². The molecular formula is C12H13NO2. The topological polar surface area (TPSA) is 41.8 Å². The Balaban J connectivity index is 2.07. The fourth-order valence-corrected chi connectivity index (χ4v) is 2.40. The summed E-state index contributed by atoms with van der Waals surface area (Å²) in [5, 5.41) is 12.4. The Morgan fingerprint density at radius 3 is 2.73 bits per heavy atom. The fourth-order valence-electron chi connectivity index (χ4n) is 2.40. The van der Waals surface area contributed by atoms with Gasteiger partial charge in [-0.2, -0.15) is 0 Å². The van der Waals surface area contributed by atoms with E-state index < -0.39 is 0 Å². The van der Waals surface area contributed by atoms with Gasteiger partial charge in [0.25, 0.3) is 0 Å². The van der Waals surface area contributed by atoms with Gasteiger partial charge in [0, 0.05) is 12.0 Å². The molecule has 1 saturated carbocycles. The van der Waals surface area contributed by atoms with Crippen molar-refractivity contribution in [3.05, 3.63) is 29.8 Å². The Morgan fingerprint density at radius 2 is 2.07 bits per heavy atom. The molecule has 1 aromatic carbocycles. The number of hydrogen-bond donors (Lipinski definition) is 1. The van der Waals surface area contributed by atoms with Crippen molar-refractivity contribution in [2.24, 2.45) is 5.16 Å². The third kappa shape index (κ3) is 1.23. The van der Waals surface area contributed by atoms with E-state index in [-0.39, 0.29) is 5.60 Å². The number of para-hydroxylation sites is 1. The summed E-state index contributed by atoms with van der Waals surface area (Å²) in [6.07, 6.45) is 4.09. The van der Waals surface area contributed by atoms with Crippen molar-refractivity contribution in [3.8, 4) is 5.75 Å². The molecule has 0 bridgehead atoms. The third-order valence-electron chi connectivity index (χ3n) is 3.40. The number of nitrogens with zero attached hydrogens (tertiary/aromatic N) is 1. The minimum absolute atomic E-state index is 0.0735. The van der Waals surface area contributed by atoms with Crippen molar-refractivity contribution < 1.29 is 9.94 Å². The molecule has 1 aliphatic carbocycles. The van der Waals surface area contributed by atoms with Gasteiger partial charge in [-0.25, -0.2) is 0 Å². The average molecular weight is 203 g/mol. The molecule has 1 spiro atoms. The van der Waals surface area contributed by atoms with Crippen LogP contribution in [0.15, 0.2) is 29.4 Å². The van der Waals surface area contributed by atoms with Gasteiger partial charge in [-0.05, 0) is 31.4 Å². The quantitative estimate of drug-likeness (QED) is 0.520. The maximum Gasteiger partial charge on any atom is 0.129 e. The zero-order chi connectivity index (χ0) is 10.3. The van der Waals surface area contributed by atoms with Crippen LogP contribution in [0.3, 0.4) is 0 Å². The van der Waals surface area contributed by atoms with Crippen LogP contribution < -0.4 is 4.74 Å². The Morgan fingerprint density at radius 1 is 1.27 bits per heavy atom. The summed E-state index contributed by atoms with van der Waals surface area (Å²) in [6, 6.07) is 7.77. The number of oxime groups is 1. The zero-order valence-electron chi connectivity index (χ0n) is 8.44. The Bertz CT molecular complexity index is 421. The van der Waals surface area contributed by atoms with Crippen LogP contribution in [0.25, 0.3) is 0 Å². The van der Waals surface area contributed by atoms with Gasteiger partial charge in [0.2, 0.25) is 0 Å². The van der Waals surface area contributed by atoms with Gasteiger partial charge in [-0.15, -0.1) is 0 Å². The highest BCUT2D eigenvalue weighted by molar-refractivity contribution is 6.04. The van der Waals surface area contributed by atoms with Crippen LogP contribution in [-0.2, 0) is 0 Å². The summed E-state index contributed by atoms with van der Waals surface area (Å²) in [5.74, 6) is 0.858. The van der Waals surface area contributed by atoms with Crippen LogP contribution in [0, 0.1) is 0 Å². The molecule has 78 valence electrons. The molecule has 0 unspecified atom stereocenters. The minimum atomic E-state index is -0.0735. The molecule has 0 amide bonds. The number of fused-ring (bicyclic) bond motifs is 1. The van der Waals surface area contributed by atoms with Crippen LogP contribution >= 0.6 is 0 Å². The largest absolute Gasteiger partial charge is 0.486 e. The molecule has 1 aliphatic heterocycles. The second-order valence-electron chi connectivity index (χ2n) is 4.36. The average Bonchev–Trinajstić information content (AvgIpc) is 2.25. The summed E-state index contributed by atoms with van der Waals surface area (Å²) in [6.45, 7) is 0. The van der Waals surface area contributed by atoms with Crippen molar-refractivity contribution in [2.75, 3.05) is 0 Å². The molecule has 1 aromatic rings. The Kier molecular flexibility index (Phi) is 1.75. The predicted octanol–water partition coefficient (Wildman–Crippen LogP) is 2.57. The molecule has 0 saturated heterocycles. The maximum atomic E-state index is 9.02. The van der Waals surface area contributed by atoms with Crippen molar-refractivity contribution >= 4 is 5.71 Å². The first-order valence-electron chi connectivity index (χ1n) is 5.32. The SMILES string of the molecule is O/N=C1/CC2(CCC2)Oc2ccccc21. The summed E-state index contributed by atoms with van der Waals surface area (Å²) in [7, 11) is 0. The molecule has 15 heavy (non-hydrogen) atoms. The molecular weight excluding hydrogens is 190 g/mol. The van der Waals surface area contributed by atoms with E-state index in [0.717, 1.165) is 36.3 Å². The van der Waals surface area contributed by atoms with Crippen LogP contribution in [0.5, 0.6) is 5.75 Å². The lowest BCUT2D eigenvalue weighted by Crippen LogP contribution is -2.47. The van der Waals surface area contributed by atoms with Crippen molar-refractivity contribution in [1.29, 1.82) is 0 Å². The second kappa shape index (κ2) is 2.99. The van der Waals surface area contributed by atoms with Gasteiger partial charge in [0.05, 0.1) is 5.71 Å². The molecule has 1 fully saturated rings. The number of ether oxygens (including phenoxy) is 1. The van der Waals surface area contributed by atoms with Crippen molar-refractivity contribution in [1.82, 2.24) is 0 Å². The van der Waals surface area contributed by atoms with E-state index in [1.165, 1.54) is 6.42 Å². The first-order chi connectivity index (χ1) is 7.33. The van der Waals surface area contributed by atoms with E-state index in [4.69, 9.17) is 9.94 Å². The maximum absolute atomic E-state index is 9.02. The normalized spacial score (nSPS) is 24.4. The highest BCUT2D eigenvalue weighted by atomic mass is 16.5. The standard InChI is InChI=1S/C12H13NO2/c14-13-10-8-12(6-3-7-12)15-11-5-2-1-4-9(10)11/h1-2,4-5,14H,3,6-8H2/b13-10-.